The van der Waals surface area contributed by atoms with Gasteiger partial charge in [0.15, 0.2) is 0 Å². The number of hydrogen-bond acceptors (Lipinski definition) is 6. The molecule has 0 heterocycles. The molecule has 0 saturated heterocycles. The molecule has 0 spiro atoms. The standard InChI is InChI=1S/C22H30ClFN2O6S2/c1-16(13-26(17(2)15-27)34(30,31)21-7-5-6-18(23)12-21)22(32-4)14-25(3)33(28,29)20-10-8-19(24)9-11-20/h5-12,16-17,22,27H,13-15H2,1-4H3/t16-,17-,22+/m0/s1. The van der Waals surface area contributed by atoms with Crippen LogP contribution in [0.25, 0.3) is 0 Å². The number of benzene rings is 2. The van der Waals surface area contributed by atoms with Crippen molar-refractivity contribution in [3.8, 4) is 0 Å². The lowest BCUT2D eigenvalue weighted by atomic mass is 10.0. The van der Waals surface area contributed by atoms with E-state index in [0.29, 0.717) is 0 Å². The zero-order valence-corrected chi connectivity index (χ0v) is 21.8. The first-order valence-electron chi connectivity index (χ1n) is 10.5. The minimum Gasteiger partial charge on any atom is -0.395 e. The highest BCUT2D eigenvalue weighted by Crippen LogP contribution is 2.24. The smallest absolute Gasteiger partial charge is 0.243 e. The predicted molar refractivity (Wildman–Crippen MR) is 128 cm³/mol. The number of ether oxygens (including phenoxy) is 1. The van der Waals surface area contributed by atoms with E-state index in [1.54, 1.807) is 19.9 Å². The topological polar surface area (TPSA) is 104 Å². The lowest BCUT2D eigenvalue weighted by Crippen LogP contribution is -2.47. The van der Waals surface area contributed by atoms with Crippen LogP contribution in [0.2, 0.25) is 5.02 Å². The van der Waals surface area contributed by atoms with Crippen LogP contribution in [0.1, 0.15) is 13.8 Å². The third-order valence-electron chi connectivity index (χ3n) is 5.52. The number of sulfonamides is 2. The minimum atomic E-state index is -4.01. The number of rotatable bonds is 12. The highest BCUT2D eigenvalue weighted by Gasteiger charge is 2.34. The molecule has 0 saturated carbocycles. The van der Waals surface area contributed by atoms with Crippen molar-refractivity contribution < 1.29 is 31.1 Å². The lowest BCUT2D eigenvalue weighted by molar-refractivity contribution is 0.0360. The summed E-state index contributed by atoms with van der Waals surface area (Å²) >= 11 is 5.97. The molecule has 0 amide bonds. The molecule has 0 aliphatic rings. The van der Waals surface area contributed by atoms with E-state index in [-0.39, 0.29) is 27.9 Å². The second kappa shape index (κ2) is 11.9. The van der Waals surface area contributed by atoms with Crippen molar-refractivity contribution in [1.29, 1.82) is 0 Å². The first kappa shape index (κ1) is 28.6. The maximum absolute atomic E-state index is 13.3. The van der Waals surface area contributed by atoms with Gasteiger partial charge in [0.1, 0.15) is 5.82 Å². The fourth-order valence-corrected chi connectivity index (χ4v) is 6.60. The molecule has 34 heavy (non-hydrogen) atoms. The Balaban J connectivity index is 2.26. The van der Waals surface area contributed by atoms with E-state index in [0.717, 1.165) is 20.7 Å². The highest BCUT2D eigenvalue weighted by molar-refractivity contribution is 7.89. The van der Waals surface area contributed by atoms with Gasteiger partial charge < -0.3 is 9.84 Å². The van der Waals surface area contributed by atoms with E-state index < -0.39 is 50.5 Å². The Kier molecular flexibility index (Phi) is 10.0. The molecule has 8 nitrogen and oxygen atoms in total. The summed E-state index contributed by atoms with van der Waals surface area (Å²) in [5.74, 6) is -1.01. The van der Waals surface area contributed by atoms with Gasteiger partial charge in [-0.25, -0.2) is 21.2 Å². The number of likely N-dealkylation sites (N-methyl/N-ethyl adjacent to an activating group) is 1. The van der Waals surface area contributed by atoms with E-state index in [1.807, 2.05) is 0 Å². The largest absolute Gasteiger partial charge is 0.395 e. The molecule has 2 aromatic carbocycles. The normalized spacial score (nSPS) is 15.4. The Labute approximate surface area is 206 Å². The van der Waals surface area contributed by atoms with Crippen LogP contribution in [0.5, 0.6) is 0 Å². The van der Waals surface area contributed by atoms with Crippen LogP contribution in [0.3, 0.4) is 0 Å². The molecule has 12 heteroatoms. The van der Waals surface area contributed by atoms with Crippen LogP contribution < -0.4 is 0 Å². The van der Waals surface area contributed by atoms with Crippen LogP contribution in [0, 0.1) is 11.7 Å². The average Bonchev–Trinajstić information content (AvgIpc) is 2.80. The van der Waals surface area contributed by atoms with Crippen LogP contribution in [0.4, 0.5) is 4.39 Å². The Morgan fingerprint density at radius 2 is 1.62 bits per heavy atom. The zero-order chi connectivity index (χ0) is 25.7. The molecule has 0 bridgehead atoms. The molecule has 3 atom stereocenters. The Bertz CT molecular complexity index is 1160. The fraction of sp³-hybridized carbons (Fsp3) is 0.455. The molecule has 1 N–H and O–H groups in total. The molecule has 0 aliphatic carbocycles. The van der Waals surface area contributed by atoms with E-state index in [9.17, 15) is 26.3 Å². The SMILES string of the molecule is CO[C@H](CN(C)S(=O)(=O)c1ccc(F)cc1)[C@@H](C)CN([C@@H](C)CO)S(=O)(=O)c1cccc(Cl)c1. The van der Waals surface area contributed by atoms with Crippen molar-refractivity contribution in [2.75, 3.05) is 33.9 Å². The summed E-state index contributed by atoms with van der Waals surface area (Å²) in [7, 11) is -5.15. The molecule has 0 radical (unpaired) electrons. The summed E-state index contributed by atoms with van der Waals surface area (Å²) in [6.07, 6.45) is -0.678. The van der Waals surface area contributed by atoms with E-state index in [4.69, 9.17) is 16.3 Å². The highest BCUT2D eigenvalue weighted by atomic mass is 35.5. The van der Waals surface area contributed by atoms with E-state index in [2.05, 4.69) is 0 Å². The summed E-state index contributed by atoms with van der Waals surface area (Å²) < 4.78 is 73.3. The maximum Gasteiger partial charge on any atom is 0.243 e. The van der Waals surface area contributed by atoms with Gasteiger partial charge in [-0.05, 0) is 55.3 Å². The number of aliphatic hydroxyl groups is 1. The first-order valence-corrected chi connectivity index (χ1v) is 13.7. The van der Waals surface area contributed by atoms with Gasteiger partial charge in [-0.15, -0.1) is 0 Å². The Hall–Kier alpha value is -1.60. The summed E-state index contributed by atoms with van der Waals surface area (Å²) in [5, 5.41) is 9.96. The van der Waals surface area contributed by atoms with Gasteiger partial charge in [0.25, 0.3) is 0 Å². The molecule has 0 aliphatic heterocycles. The molecule has 0 fully saturated rings. The number of halogens is 2. The van der Waals surface area contributed by atoms with Gasteiger partial charge in [-0.3, -0.25) is 0 Å². The number of nitrogens with zero attached hydrogens (tertiary/aromatic N) is 2. The second-order valence-corrected chi connectivity index (χ2v) is 12.4. The van der Waals surface area contributed by atoms with Crippen LogP contribution >= 0.6 is 11.6 Å². The molecule has 2 aromatic rings. The van der Waals surface area contributed by atoms with E-state index in [1.165, 1.54) is 44.5 Å². The molecular formula is C22H30ClFN2O6S2. The van der Waals surface area contributed by atoms with Crippen molar-refractivity contribution >= 4 is 31.6 Å². The number of hydrogen-bond donors (Lipinski definition) is 1. The second-order valence-electron chi connectivity index (χ2n) is 8.05. The molecule has 0 unspecified atom stereocenters. The molecular weight excluding hydrogens is 507 g/mol. The molecule has 2 rings (SSSR count). The summed E-state index contributed by atoms with van der Waals surface area (Å²) in [4.78, 5) is -0.0876. The van der Waals surface area contributed by atoms with E-state index >= 15 is 0 Å². The predicted octanol–water partition coefficient (Wildman–Crippen LogP) is 2.82. The van der Waals surface area contributed by atoms with Crippen LogP contribution in [-0.2, 0) is 24.8 Å². The molecule has 190 valence electrons. The van der Waals surface area contributed by atoms with Crippen molar-refractivity contribution in [2.45, 2.75) is 35.8 Å². The van der Waals surface area contributed by atoms with Crippen molar-refractivity contribution in [3.63, 3.8) is 0 Å². The maximum atomic E-state index is 13.3. The van der Waals surface area contributed by atoms with Gasteiger partial charge in [0.2, 0.25) is 20.0 Å². The minimum absolute atomic E-state index is 0.0162. The van der Waals surface area contributed by atoms with Gasteiger partial charge in [0.05, 0.1) is 22.5 Å². The molecule has 0 aromatic heterocycles. The van der Waals surface area contributed by atoms with Gasteiger partial charge in [-0.2, -0.15) is 8.61 Å². The third kappa shape index (κ3) is 6.75. The average molecular weight is 537 g/mol. The fourth-order valence-electron chi connectivity index (χ4n) is 3.40. The number of methoxy groups -OCH3 is 1. The first-order chi connectivity index (χ1) is 15.8. The van der Waals surface area contributed by atoms with Crippen molar-refractivity contribution in [3.05, 3.63) is 59.4 Å². The van der Waals surface area contributed by atoms with Gasteiger partial charge in [0, 0.05) is 38.3 Å². The monoisotopic (exact) mass is 536 g/mol. The van der Waals surface area contributed by atoms with Crippen molar-refractivity contribution in [2.24, 2.45) is 5.92 Å². The number of aliphatic hydroxyl groups excluding tert-OH is 1. The quantitative estimate of drug-likeness (QED) is 0.447. The summed E-state index contributed by atoms with van der Waals surface area (Å²) in [5.41, 5.74) is 0. The Morgan fingerprint density at radius 3 is 2.15 bits per heavy atom. The van der Waals surface area contributed by atoms with Gasteiger partial charge >= 0.3 is 0 Å². The summed E-state index contributed by atoms with van der Waals surface area (Å²) in [6.45, 7) is 2.78. The lowest BCUT2D eigenvalue weighted by Gasteiger charge is -2.33. The van der Waals surface area contributed by atoms with Gasteiger partial charge in [-0.1, -0.05) is 24.6 Å². The third-order valence-corrected chi connectivity index (χ3v) is 9.57. The van der Waals surface area contributed by atoms with Crippen molar-refractivity contribution in [1.82, 2.24) is 8.61 Å². The van der Waals surface area contributed by atoms with Crippen LogP contribution in [0.15, 0.2) is 58.3 Å². The van der Waals surface area contributed by atoms with Crippen LogP contribution in [-0.4, -0.2) is 76.6 Å². The zero-order valence-electron chi connectivity index (χ0n) is 19.4. The Morgan fingerprint density at radius 1 is 1.00 bits per heavy atom. The summed E-state index contributed by atoms with van der Waals surface area (Å²) in [6, 6.07) is 9.55.